The molecule has 0 aromatic carbocycles. The van der Waals surface area contributed by atoms with Crippen LogP contribution in [0.1, 0.15) is 32.8 Å². The summed E-state index contributed by atoms with van der Waals surface area (Å²) in [6, 6.07) is 3.55. The standard InChI is InChI=1S/C12H18N2OS/c1-12(2,3)5-7-15-10-8-9(11(13)16)4-6-14-10/h4,6,8H,5,7H2,1-3H3,(H2,13,16). The SMILES string of the molecule is CC(C)(C)CCOc1cc(C(N)=S)ccn1. The number of hydrogen-bond acceptors (Lipinski definition) is 3. The van der Waals surface area contributed by atoms with E-state index in [1.165, 1.54) is 0 Å². The Hall–Kier alpha value is -1.16. The van der Waals surface area contributed by atoms with E-state index in [-0.39, 0.29) is 5.41 Å². The average Bonchev–Trinajstić information content (AvgIpc) is 2.16. The molecule has 3 nitrogen and oxygen atoms in total. The van der Waals surface area contributed by atoms with Crippen LogP contribution in [0, 0.1) is 5.41 Å². The van der Waals surface area contributed by atoms with Gasteiger partial charge in [0.1, 0.15) is 4.99 Å². The van der Waals surface area contributed by atoms with Crippen LogP contribution in [0.2, 0.25) is 0 Å². The lowest BCUT2D eigenvalue weighted by Crippen LogP contribution is -2.13. The lowest BCUT2D eigenvalue weighted by molar-refractivity contribution is 0.236. The maximum absolute atomic E-state index is 5.55. The van der Waals surface area contributed by atoms with Crippen LogP contribution < -0.4 is 10.5 Å². The van der Waals surface area contributed by atoms with Crippen molar-refractivity contribution >= 4 is 17.2 Å². The molecule has 0 aliphatic heterocycles. The first-order valence-corrected chi connectivity index (χ1v) is 5.68. The van der Waals surface area contributed by atoms with Gasteiger partial charge >= 0.3 is 0 Å². The van der Waals surface area contributed by atoms with E-state index >= 15 is 0 Å². The van der Waals surface area contributed by atoms with Crippen LogP contribution in [-0.2, 0) is 0 Å². The van der Waals surface area contributed by atoms with Gasteiger partial charge in [-0.2, -0.15) is 0 Å². The quantitative estimate of drug-likeness (QED) is 0.819. The number of nitrogens with zero attached hydrogens (tertiary/aromatic N) is 1. The van der Waals surface area contributed by atoms with Gasteiger partial charge in [0.25, 0.3) is 0 Å². The van der Waals surface area contributed by atoms with E-state index in [0.717, 1.165) is 12.0 Å². The first-order chi connectivity index (χ1) is 7.38. The Kier molecular flexibility index (Phi) is 4.24. The molecule has 1 aromatic rings. The molecule has 88 valence electrons. The normalized spacial score (nSPS) is 11.2. The fourth-order valence-electron chi connectivity index (χ4n) is 1.10. The van der Waals surface area contributed by atoms with Gasteiger partial charge in [-0.05, 0) is 17.9 Å². The first-order valence-electron chi connectivity index (χ1n) is 5.27. The van der Waals surface area contributed by atoms with E-state index in [9.17, 15) is 0 Å². The molecular weight excluding hydrogens is 220 g/mol. The fraction of sp³-hybridized carbons (Fsp3) is 0.500. The first kappa shape index (κ1) is 12.9. The van der Waals surface area contributed by atoms with E-state index in [1.807, 2.05) is 0 Å². The van der Waals surface area contributed by atoms with E-state index in [2.05, 4.69) is 25.8 Å². The number of hydrogen-bond donors (Lipinski definition) is 1. The third kappa shape index (κ3) is 4.57. The van der Waals surface area contributed by atoms with Crippen LogP contribution >= 0.6 is 12.2 Å². The Bertz CT molecular complexity index is 372. The number of aromatic nitrogens is 1. The maximum atomic E-state index is 5.55. The molecule has 1 heterocycles. The Morgan fingerprint density at radius 2 is 2.19 bits per heavy atom. The summed E-state index contributed by atoms with van der Waals surface area (Å²) in [5, 5.41) is 0. The molecule has 0 amide bonds. The molecule has 0 aliphatic rings. The molecule has 0 unspecified atom stereocenters. The van der Waals surface area contributed by atoms with Crippen molar-refractivity contribution in [1.29, 1.82) is 0 Å². The minimum absolute atomic E-state index is 0.265. The second kappa shape index (κ2) is 5.25. The molecule has 4 heteroatoms. The monoisotopic (exact) mass is 238 g/mol. The number of nitrogens with two attached hydrogens (primary N) is 1. The number of ether oxygens (including phenoxy) is 1. The van der Waals surface area contributed by atoms with Crippen molar-refractivity contribution in [2.75, 3.05) is 6.61 Å². The van der Waals surface area contributed by atoms with Crippen molar-refractivity contribution in [3.63, 3.8) is 0 Å². The summed E-state index contributed by atoms with van der Waals surface area (Å²) in [5.74, 6) is 0.578. The zero-order valence-corrected chi connectivity index (χ0v) is 10.8. The second-order valence-corrected chi connectivity index (χ2v) is 5.35. The van der Waals surface area contributed by atoms with Crippen molar-refractivity contribution in [1.82, 2.24) is 4.98 Å². The highest BCUT2D eigenvalue weighted by atomic mass is 32.1. The van der Waals surface area contributed by atoms with Crippen LogP contribution in [0.5, 0.6) is 5.88 Å². The van der Waals surface area contributed by atoms with Crippen LogP contribution in [0.25, 0.3) is 0 Å². The molecule has 0 atom stereocenters. The molecule has 16 heavy (non-hydrogen) atoms. The minimum atomic E-state index is 0.265. The second-order valence-electron chi connectivity index (χ2n) is 4.91. The fourth-order valence-corrected chi connectivity index (χ4v) is 1.23. The van der Waals surface area contributed by atoms with Crippen molar-refractivity contribution in [3.8, 4) is 5.88 Å². The molecule has 0 saturated heterocycles. The third-order valence-electron chi connectivity index (χ3n) is 2.12. The summed E-state index contributed by atoms with van der Waals surface area (Å²) < 4.78 is 5.55. The van der Waals surface area contributed by atoms with Crippen LogP contribution in [-0.4, -0.2) is 16.6 Å². The molecule has 0 aliphatic carbocycles. The highest BCUT2D eigenvalue weighted by Gasteiger charge is 2.10. The predicted molar refractivity (Wildman–Crippen MR) is 69.7 cm³/mol. The van der Waals surface area contributed by atoms with Crippen LogP contribution in [0.15, 0.2) is 18.3 Å². The molecule has 0 spiro atoms. The Morgan fingerprint density at radius 3 is 2.75 bits per heavy atom. The van der Waals surface area contributed by atoms with Gasteiger partial charge in [-0.3, -0.25) is 0 Å². The van der Waals surface area contributed by atoms with Gasteiger partial charge in [-0.25, -0.2) is 4.98 Å². The van der Waals surface area contributed by atoms with Crippen molar-refractivity contribution in [2.45, 2.75) is 27.2 Å². The molecule has 2 N–H and O–H groups in total. The van der Waals surface area contributed by atoms with E-state index < -0.39 is 0 Å². The zero-order valence-electron chi connectivity index (χ0n) is 9.99. The topological polar surface area (TPSA) is 48.1 Å². The van der Waals surface area contributed by atoms with Crippen molar-refractivity contribution in [3.05, 3.63) is 23.9 Å². The van der Waals surface area contributed by atoms with Crippen LogP contribution in [0.3, 0.4) is 0 Å². The molecule has 0 radical (unpaired) electrons. The summed E-state index contributed by atoms with van der Waals surface area (Å²) in [6.07, 6.45) is 2.63. The summed E-state index contributed by atoms with van der Waals surface area (Å²) in [5.41, 5.74) is 6.58. The molecule has 1 aromatic heterocycles. The Morgan fingerprint density at radius 1 is 1.50 bits per heavy atom. The molecule has 1 rings (SSSR count). The van der Waals surface area contributed by atoms with Crippen LogP contribution in [0.4, 0.5) is 0 Å². The summed E-state index contributed by atoms with van der Waals surface area (Å²) in [7, 11) is 0. The summed E-state index contributed by atoms with van der Waals surface area (Å²) in [4.78, 5) is 4.47. The number of pyridine rings is 1. The zero-order chi connectivity index (χ0) is 12.2. The largest absolute Gasteiger partial charge is 0.478 e. The number of rotatable bonds is 4. The molecule has 0 fully saturated rings. The average molecular weight is 238 g/mol. The Balaban J connectivity index is 2.55. The van der Waals surface area contributed by atoms with Crippen molar-refractivity contribution in [2.24, 2.45) is 11.1 Å². The van der Waals surface area contributed by atoms with Gasteiger partial charge < -0.3 is 10.5 Å². The van der Waals surface area contributed by atoms with Gasteiger partial charge in [0.05, 0.1) is 6.61 Å². The lowest BCUT2D eigenvalue weighted by atomic mass is 9.93. The van der Waals surface area contributed by atoms with E-state index in [0.29, 0.717) is 17.5 Å². The summed E-state index contributed by atoms with van der Waals surface area (Å²) >= 11 is 4.89. The lowest BCUT2D eigenvalue weighted by Gasteiger charge is -2.17. The maximum Gasteiger partial charge on any atom is 0.213 e. The van der Waals surface area contributed by atoms with Gasteiger partial charge in [0.15, 0.2) is 0 Å². The highest BCUT2D eigenvalue weighted by molar-refractivity contribution is 7.80. The highest BCUT2D eigenvalue weighted by Crippen LogP contribution is 2.19. The van der Waals surface area contributed by atoms with Crippen molar-refractivity contribution < 1.29 is 4.74 Å². The summed E-state index contributed by atoms with van der Waals surface area (Å²) in [6.45, 7) is 7.18. The van der Waals surface area contributed by atoms with E-state index in [4.69, 9.17) is 22.7 Å². The minimum Gasteiger partial charge on any atom is -0.478 e. The van der Waals surface area contributed by atoms with Gasteiger partial charge in [-0.15, -0.1) is 0 Å². The van der Waals surface area contributed by atoms with Gasteiger partial charge in [0.2, 0.25) is 5.88 Å². The number of thiocarbonyl (C=S) groups is 1. The molecule has 0 bridgehead atoms. The predicted octanol–water partition coefficient (Wildman–Crippen LogP) is 2.53. The van der Waals surface area contributed by atoms with Gasteiger partial charge in [-0.1, -0.05) is 33.0 Å². The third-order valence-corrected chi connectivity index (χ3v) is 2.36. The molecule has 0 saturated carbocycles. The van der Waals surface area contributed by atoms with E-state index in [1.54, 1.807) is 18.3 Å². The van der Waals surface area contributed by atoms with Gasteiger partial charge in [0, 0.05) is 17.8 Å². The smallest absolute Gasteiger partial charge is 0.213 e. The molecular formula is C12H18N2OS. The Labute approximate surface area is 102 Å².